The first-order valence-electron chi connectivity index (χ1n) is 8.32. The van der Waals surface area contributed by atoms with Gasteiger partial charge in [-0.05, 0) is 44.9 Å². The van der Waals surface area contributed by atoms with E-state index in [2.05, 4.69) is 5.32 Å². The Kier molecular flexibility index (Phi) is 2.95. The number of hydrogen-bond acceptors (Lipinski definition) is 3. The molecule has 4 aliphatic rings. The van der Waals surface area contributed by atoms with Crippen LogP contribution in [-0.4, -0.2) is 41.7 Å². The van der Waals surface area contributed by atoms with Crippen molar-refractivity contribution in [2.24, 2.45) is 16.7 Å². The number of carboxylic acid groups (broad SMARTS) is 1. The third-order valence-corrected chi connectivity index (χ3v) is 6.77. The van der Waals surface area contributed by atoms with Gasteiger partial charge in [0.05, 0.1) is 23.3 Å². The van der Waals surface area contributed by atoms with Crippen LogP contribution in [0.4, 0.5) is 8.78 Å². The highest BCUT2D eigenvalue weighted by Gasteiger charge is 2.82. The van der Waals surface area contributed by atoms with Gasteiger partial charge in [-0.3, -0.25) is 9.59 Å². The molecule has 7 heteroatoms. The number of carboxylic acids is 1. The van der Waals surface area contributed by atoms with Gasteiger partial charge in [-0.25, -0.2) is 8.78 Å². The molecule has 3 saturated carbocycles. The summed E-state index contributed by atoms with van der Waals surface area (Å²) in [4.78, 5) is 24.0. The Balaban J connectivity index is 1.43. The number of halogens is 2. The summed E-state index contributed by atoms with van der Waals surface area (Å²) < 4.78 is 33.3. The van der Waals surface area contributed by atoms with Crippen molar-refractivity contribution in [2.45, 2.75) is 56.5 Å². The fourth-order valence-corrected chi connectivity index (χ4v) is 5.16. The number of amides is 1. The summed E-state index contributed by atoms with van der Waals surface area (Å²) in [5.41, 5.74) is -3.01. The minimum absolute atomic E-state index is 0.175. The zero-order valence-electron chi connectivity index (χ0n) is 12.9. The van der Waals surface area contributed by atoms with Crippen LogP contribution in [0, 0.1) is 16.7 Å². The molecule has 3 aliphatic carbocycles. The zero-order valence-corrected chi connectivity index (χ0v) is 12.9. The predicted octanol–water partition coefficient (Wildman–Crippen LogP) is 1.95. The standard InChI is InChI=1S/C16H21F2NO4/c17-16(18)10-2-1-7-23-15(10,16)9-19-11(20)13-3-5-14(8-13,6-4-13)12(21)22/h10H,1-9H2,(H,19,20)(H,21,22)/t10-,13?,14?,15+/m1/s1. The number of nitrogens with one attached hydrogen (secondary N) is 1. The third-order valence-electron chi connectivity index (χ3n) is 6.77. The molecule has 23 heavy (non-hydrogen) atoms. The summed E-state index contributed by atoms with van der Waals surface area (Å²) in [7, 11) is 0. The SMILES string of the molecule is O=C(O)C12CCC(C(=O)NC[C@]34OCCC[C@H]3C4(F)F)(CC1)C2. The highest BCUT2D eigenvalue weighted by atomic mass is 19.3. The van der Waals surface area contributed by atoms with E-state index < -0.39 is 34.2 Å². The molecule has 0 spiro atoms. The van der Waals surface area contributed by atoms with Crippen molar-refractivity contribution >= 4 is 11.9 Å². The minimum atomic E-state index is -2.87. The van der Waals surface area contributed by atoms with Crippen LogP contribution in [0.25, 0.3) is 0 Å². The summed E-state index contributed by atoms with van der Waals surface area (Å²) in [6, 6.07) is 0. The average Bonchev–Trinajstić information content (AvgIpc) is 2.92. The molecule has 2 bridgehead atoms. The lowest BCUT2D eigenvalue weighted by Gasteiger charge is -2.28. The number of carbonyl (C=O) groups is 2. The lowest BCUT2D eigenvalue weighted by atomic mass is 9.81. The first-order valence-corrected chi connectivity index (χ1v) is 8.32. The topological polar surface area (TPSA) is 75.6 Å². The summed E-state index contributed by atoms with van der Waals surface area (Å²) in [6.45, 7) is 0.126. The molecule has 0 radical (unpaired) electrons. The van der Waals surface area contributed by atoms with Crippen LogP contribution in [0.3, 0.4) is 0 Å². The zero-order chi connectivity index (χ0) is 16.5. The number of ether oxygens (including phenoxy) is 1. The van der Waals surface area contributed by atoms with Gasteiger partial charge < -0.3 is 15.2 Å². The van der Waals surface area contributed by atoms with Gasteiger partial charge in [0.1, 0.15) is 0 Å². The minimum Gasteiger partial charge on any atom is -0.481 e. The Labute approximate surface area is 132 Å². The van der Waals surface area contributed by atoms with E-state index in [1.165, 1.54) is 0 Å². The number of fused-ring (bicyclic) bond motifs is 3. The lowest BCUT2D eigenvalue weighted by molar-refractivity contribution is -0.148. The molecule has 0 aromatic rings. The van der Waals surface area contributed by atoms with Gasteiger partial charge in [-0.1, -0.05) is 0 Å². The summed E-state index contributed by atoms with van der Waals surface area (Å²) in [6.07, 6.45) is 3.43. The van der Waals surface area contributed by atoms with E-state index in [-0.39, 0.29) is 12.5 Å². The van der Waals surface area contributed by atoms with Crippen molar-refractivity contribution in [3.63, 3.8) is 0 Å². The fourth-order valence-electron chi connectivity index (χ4n) is 5.16. The molecule has 0 unspecified atom stereocenters. The molecule has 1 heterocycles. The Bertz CT molecular complexity index is 570. The van der Waals surface area contributed by atoms with Crippen LogP contribution >= 0.6 is 0 Å². The van der Waals surface area contributed by atoms with Crippen LogP contribution in [0.5, 0.6) is 0 Å². The summed E-state index contributed by atoms with van der Waals surface area (Å²) in [5.74, 6) is -4.78. The fraction of sp³-hybridized carbons (Fsp3) is 0.875. The van der Waals surface area contributed by atoms with Crippen LogP contribution in [0.15, 0.2) is 0 Å². The summed E-state index contributed by atoms with van der Waals surface area (Å²) in [5, 5.41) is 12.1. The van der Waals surface area contributed by atoms with E-state index in [1.54, 1.807) is 0 Å². The van der Waals surface area contributed by atoms with Gasteiger partial charge in [0.25, 0.3) is 5.92 Å². The smallest absolute Gasteiger partial charge is 0.309 e. The van der Waals surface area contributed by atoms with Crippen molar-refractivity contribution < 1.29 is 28.2 Å². The van der Waals surface area contributed by atoms with Gasteiger partial charge in [-0.2, -0.15) is 0 Å². The maximum Gasteiger partial charge on any atom is 0.309 e. The van der Waals surface area contributed by atoms with Crippen molar-refractivity contribution in [1.29, 1.82) is 0 Å². The van der Waals surface area contributed by atoms with Crippen LogP contribution < -0.4 is 5.32 Å². The van der Waals surface area contributed by atoms with Crippen LogP contribution in [0.2, 0.25) is 0 Å². The molecule has 1 aliphatic heterocycles. The molecule has 1 saturated heterocycles. The van der Waals surface area contributed by atoms with Crippen LogP contribution in [-0.2, 0) is 14.3 Å². The van der Waals surface area contributed by atoms with Gasteiger partial charge >= 0.3 is 5.97 Å². The second-order valence-corrected chi connectivity index (χ2v) is 7.78. The van der Waals surface area contributed by atoms with Crippen molar-refractivity contribution in [1.82, 2.24) is 5.32 Å². The molecule has 4 fully saturated rings. The van der Waals surface area contributed by atoms with E-state index in [9.17, 15) is 23.5 Å². The average molecular weight is 329 g/mol. The predicted molar refractivity (Wildman–Crippen MR) is 75.0 cm³/mol. The molecule has 0 aromatic heterocycles. The number of carbonyl (C=O) groups excluding carboxylic acids is 1. The highest BCUT2D eigenvalue weighted by Crippen LogP contribution is 2.65. The molecule has 5 nitrogen and oxygen atoms in total. The van der Waals surface area contributed by atoms with E-state index in [0.717, 1.165) is 0 Å². The second kappa shape index (κ2) is 4.43. The number of alkyl halides is 2. The monoisotopic (exact) mass is 329 g/mol. The van der Waals surface area contributed by atoms with E-state index in [1.807, 2.05) is 0 Å². The van der Waals surface area contributed by atoms with Crippen molar-refractivity contribution in [3.05, 3.63) is 0 Å². The quantitative estimate of drug-likeness (QED) is 0.827. The van der Waals surface area contributed by atoms with Gasteiger partial charge in [-0.15, -0.1) is 0 Å². The largest absolute Gasteiger partial charge is 0.481 e. The summed E-state index contributed by atoms with van der Waals surface area (Å²) >= 11 is 0. The van der Waals surface area contributed by atoms with E-state index in [0.29, 0.717) is 51.6 Å². The number of rotatable bonds is 4. The van der Waals surface area contributed by atoms with Crippen molar-refractivity contribution in [3.8, 4) is 0 Å². The second-order valence-electron chi connectivity index (χ2n) is 7.78. The molecule has 4 rings (SSSR count). The maximum absolute atomic E-state index is 14.0. The Morgan fingerprint density at radius 2 is 1.83 bits per heavy atom. The normalized spacial score (nSPS) is 46.3. The maximum atomic E-state index is 14.0. The van der Waals surface area contributed by atoms with E-state index >= 15 is 0 Å². The number of hydrogen-bond donors (Lipinski definition) is 2. The van der Waals surface area contributed by atoms with Gasteiger partial charge in [0, 0.05) is 6.61 Å². The Morgan fingerprint density at radius 3 is 2.39 bits per heavy atom. The number of aliphatic carboxylic acids is 1. The van der Waals surface area contributed by atoms with Gasteiger partial charge in [0.2, 0.25) is 5.91 Å². The molecule has 128 valence electrons. The lowest BCUT2D eigenvalue weighted by Crippen LogP contribution is -2.46. The van der Waals surface area contributed by atoms with Crippen LogP contribution in [0.1, 0.15) is 44.9 Å². The third kappa shape index (κ3) is 1.80. The van der Waals surface area contributed by atoms with Crippen molar-refractivity contribution in [2.75, 3.05) is 13.2 Å². The molecular formula is C16H21F2NO4. The molecule has 0 aromatic carbocycles. The molecule has 2 atom stereocenters. The Morgan fingerprint density at radius 1 is 1.17 bits per heavy atom. The first-order chi connectivity index (χ1) is 10.8. The highest BCUT2D eigenvalue weighted by molar-refractivity contribution is 5.87. The first kappa shape index (κ1) is 15.3. The van der Waals surface area contributed by atoms with E-state index in [4.69, 9.17) is 4.74 Å². The van der Waals surface area contributed by atoms with Gasteiger partial charge in [0.15, 0.2) is 5.60 Å². The molecular weight excluding hydrogens is 308 g/mol. The molecule has 2 N–H and O–H groups in total. The molecule has 1 amide bonds. The Hall–Kier alpha value is -1.24.